The van der Waals surface area contributed by atoms with Crippen LogP contribution in [0.15, 0.2) is 12.5 Å². The zero-order valence-corrected chi connectivity index (χ0v) is 11.9. The van der Waals surface area contributed by atoms with Gasteiger partial charge in [0.1, 0.15) is 6.54 Å². The summed E-state index contributed by atoms with van der Waals surface area (Å²) in [4.78, 5) is 16.1. The van der Waals surface area contributed by atoms with Crippen LogP contribution in [-0.2, 0) is 11.3 Å². The molecule has 0 radical (unpaired) electrons. The van der Waals surface area contributed by atoms with Crippen molar-refractivity contribution in [3.8, 4) is 0 Å². The van der Waals surface area contributed by atoms with Gasteiger partial charge in [0.25, 0.3) is 0 Å². The monoisotopic (exact) mass is 264 g/mol. The van der Waals surface area contributed by atoms with Crippen LogP contribution >= 0.6 is 0 Å². The first-order valence-electron chi connectivity index (χ1n) is 7.14. The van der Waals surface area contributed by atoms with E-state index in [1.165, 1.54) is 18.5 Å². The summed E-state index contributed by atoms with van der Waals surface area (Å²) in [5.74, 6) is 1.03. The summed E-state index contributed by atoms with van der Waals surface area (Å²) in [6, 6.07) is 0. The average Bonchev–Trinajstić information content (AvgIpc) is 2.85. The maximum absolute atomic E-state index is 11.9. The van der Waals surface area contributed by atoms with Crippen molar-refractivity contribution >= 4 is 5.91 Å². The van der Waals surface area contributed by atoms with E-state index in [0.717, 1.165) is 19.6 Å². The number of imidazole rings is 1. The van der Waals surface area contributed by atoms with Gasteiger partial charge in [0.2, 0.25) is 5.91 Å². The molecule has 2 rings (SSSR count). The lowest BCUT2D eigenvalue weighted by Gasteiger charge is -2.23. The molecule has 2 heterocycles. The smallest absolute Gasteiger partial charge is 0.239 e. The molecule has 1 saturated heterocycles. The van der Waals surface area contributed by atoms with E-state index < -0.39 is 0 Å². The molecule has 2 N–H and O–H groups in total. The molecule has 5 nitrogen and oxygen atoms in total. The predicted octanol–water partition coefficient (Wildman–Crippen LogP) is 1.12. The highest BCUT2D eigenvalue weighted by Crippen LogP contribution is 2.22. The molecule has 0 aromatic carbocycles. The highest BCUT2D eigenvalue weighted by molar-refractivity contribution is 5.75. The number of nitrogens with one attached hydrogen (secondary N) is 2. The van der Waals surface area contributed by atoms with E-state index in [-0.39, 0.29) is 5.91 Å². The van der Waals surface area contributed by atoms with Gasteiger partial charge >= 0.3 is 0 Å². The van der Waals surface area contributed by atoms with Crippen molar-refractivity contribution in [2.24, 2.45) is 5.92 Å². The molecule has 19 heavy (non-hydrogen) atoms. The van der Waals surface area contributed by atoms with Crippen LogP contribution in [0.2, 0.25) is 0 Å². The number of carbonyl (C=O) groups is 1. The number of hydrogen-bond acceptors (Lipinski definition) is 3. The van der Waals surface area contributed by atoms with Crippen LogP contribution in [0.25, 0.3) is 0 Å². The van der Waals surface area contributed by atoms with Gasteiger partial charge in [0, 0.05) is 30.9 Å². The van der Waals surface area contributed by atoms with Crippen LogP contribution in [0, 0.1) is 5.92 Å². The number of carbonyl (C=O) groups excluding carboxylic acids is 1. The molecule has 1 aliphatic rings. The van der Waals surface area contributed by atoms with Crippen molar-refractivity contribution in [2.75, 3.05) is 19.6 Å². The Morgan fingerprint density at radius 2 is 2.47 bits per heavy atom. The molecule has 5 heteroatoms. The molecule has 0 spiro atoms. The van der Waals surface area contributed by atoms with Gasteiger partial charge in [-0.2, -0.15) is 0 Å². The number of piperidine rings is 1. The molecule has 106 valence electrons. The van der Waals surface area contributed by atoms with Crippen LogP contribution in [0.4, 0.5) is 0 Å². The minimum Gasteiger partial charge on any atom is -0.354 e. The molecular weight excluding hydrogens is 240 g/mol. The van der Waals surface area contributed by atoms with Gasteiger partial charge < -0.3 is 15.2 Å². The number of nitrogens with zero attached hydrogens (tertiary/aromatic N) is 2. The topological polar surface area (TPSA) is 59.0 Å². The maximum Gasteiger partial charge on any atom is 0.239 e. The van der Waals surface area contributed by atoms with Gasteiger partial charge in [0.05, 0.1) is 6.33 Å². The number of aromatic nitrogens is 2. The van der Waals surface area contributed by atoms with Crippen molar-refractivity contribution in [3.63, 3.8) is 0 Å². The maximum atomic E-state index is 11.9. The first kappa shape index (κ1) is 14.1. The van der Waals surface area contributed by atoms with E-state index in [4.69, 9.17) is 0 Å². The Bertz CT molecular complexity index is 407. The van der Waals surface area contributed by atoms with Crippen molar-refractivity contribution in [2.45, 2.75) is 39.2 Å². The number of hydrogen-bond donors (Lipinski definition) is 2. The SMILES string of the molecule is CC(C)CNC(=O)Cn1cncc1C1CCCNC1. The predicted molar refractivity (Wildman–Crippen MR) is 74.9 cm³/mol. The molecule has 1 unspecified atom stereocenters. The van der Waals surface area contributed by atoms with E-state index >= 15 is 0 Å². The summed E-state index contributed by atoms with van der Waals surface area (Å²) in [6.45, 7) is 7.37. The van der Waals surface area contributed by atoms with E-state index in [0.29, 0.717) is 18.4 Å². The Hall–Kier alpha value is -1.36. The van der Waals surface area contributed by atoms with Crippen LogP contribution < -0.4 is 10.6 Å². The van der Waals surface area contributed by atoms with E-state index in [1.54, 1.807) is 6.33 Å². The zero-order chi connectivity index (χ0) is 13.7. The average molecular weight is 264 g/mol. The van der Waals surface area contributed by atoms with Gasteiger partial charge in [-0.25, -0.2) is 4.98 Å². The van der Waals surface area contributed by atoms with Gasteiger partial charge in [-0.15, -0.1) is 0 Å². The van der Waals surface area contributed by atoms with Gasteiger partial charge in [-0.05, 0) is 25.3 Å². The second kappa shape index (κ2) is 6.70. The zero-order valence-electron chi connectivity index (χ0n) is 11.9. The number of amides is 1. The lowest BCUT2D eigenvalue weighted by molar-refractivity contribution is -0.121. The Morgan fingerprint density at radius 3 is 3.16 bits per heavy atom. The van der Waals surface area contributed by atoms with Crippen molar-refractivity contribution in [1.29, 1.82) is 0 Å². The second-order valence-corrected chi connectivity index (χ2v) is 5.69. The highest BCUT2D eigenvalue weighted by atomic mass is 16.1. The summed E-state index contributed by atoms with van der Waals surface area (Å²) in [7, 11) is 0. The number of rotatable bonds is 5. The molecule has 1 fully saturated rings. The third kappa shape index (κ3) is 4.06. The van der Waals surface area contributed by atoms with Gasteiger partial charge in [0.15, 0.2) is 0 Å². The van der Waals surface area contributed by atoms with Crippen molar-refractivity contribution in [3.05, 3.63) is 18.2 Å². The van der Waals surface area contributed by atoms with Crippen LogP contribution in [-0.4, -0.2) is 35.1 Å². The quantitative estimate of drug-likeness (QED) is 0.838. The Labute approximate surface area is 114 Å². The fourth-order valence-electron chi connectivity index (χ4n) is 2.44. The van der Waals surface area contributed by atoms with E-state index in [9.17, 15) is 4.79 Å². The van der Waals surface area contributed by atoms with Crippen LogP contribution in [0.1, 0.15) is 38.3 Å². The van der Waals surface area contributed by atoms with Crippen molar-refractivity contribution in [1.82, 2.24) is 20.2 Å². The molecule has 0 aliphatic carbocycles. The third-order valence-electron chi connectivity index (χ3n) is 3.48. The third-order valence-corrected chi connectivity index (χ3v) is 3.48. The minimum absolute atomic E-state index is 0.0664. The molecule has 0 saturated carbocycles. The molecule has 1 amide bonds. The largest absolute Gasteiger partial charge is 0.354 e. The Balaban J connectivity index is 1.93. The summed E-state index contributed by atoms with van der Waals surface area (Å²) in [6.07, 6.45) is 6.02. The second-order valence-electron chi connectivity index (χ2n) is 5.69. The summed E-state index contributed by atoms with van der Waals surface area (Å²) >= 11 is 0. The summed E-state index contributed by atoms with van der Waals surface area (Å²) < 4.78 is 1.98. The Kier molecular flexibility index (Phi) is 4.96. The fraction of sp³-hybridized carbons (Fsp3) is 0.714. The molecule has 1 aromatic heterocycles. The van der Waals surface area contributed by atoms with Gasteiger partial charge in [-0.3, -0.25) is 4.79 Å². The fourth-order valence-corrected chi connectivity index (χ4v) is 2.44. The summed E-state index contributed by atoms with van der Waals surface area (Å²) in [5, 5.41) is 6.35. The van der Waals surface area contributed by atoms with Crippen LogP contribution in [0.3, 0.4) is 0 Å². The first-order valence-corrected chi connectivity index (χ1v) is 7.14. The normalized spacial score (nSPS) is 19.6. The first-order chi connectivity index (χ1) is 9.16. The van der Waals surface area contributed by atoms with Crippen LogP contribution in [0.5, 0.6) is 0 Å². The Morgan fingerprint density at radius 1 is 1.63 bits per heavy atom. The molecule has 1 aromatic rings. The van der Waals surface area contributed by atoms with E-state index in [2.05, 4.69) is 29.5 Å². The standard InChI is InChI=1S/C14H24N4O/c1-11(2)6-17-14(19)9-18-10-16-8-13(18)12-4-3-5-15-7-12/h8,10-12,15H,3-7,9H2,1-2H3,(H,17,19). The molecular formula is C14H24N4O. The summed E-state index contributed by atoms with van der Waals surface area (Å²) in [5.41, 5.74) is 1.17. The molecule has 1 atom stereocenters. The molecule has 1 aliphatic heterocycles. The lowest BCUT2D eigenvalue weighted by atomic mass is 9.96. The highest BCUT2D eigenvalue weighted by Gasteiger charge is 2.19. The van der Waals surface area contributed by atoms with Crippen molar-refractivity contribution < 1.29 is 4.79 Å². The lowest BCUT2D eigenvalue weighted by Crippen LogP contribution is -2.33. The molecule has 0 bridgehead atoms. The van der Waals surface area contributed by atoms with Gasteiger partial charge in [-0.1, -0.05) is 13.8 Å². The van der Waals surface area contributed by atoms with E-state index in [1.807, 2.05) is 10.8 Å². The minimum atomic E-state index is 0.0664.